The fourth-order valence-corrected chi connectivity index (χ4v) is 18.5. The fraction of sp³-hybridized carbons (Fsp3) is 0.211. The average Bonchev–Trinajstić information content (AvgIpc) is 1.58. The van der Waals surface area contributed by atoms with Crippen molar-refractivity contribution in [3.63, 3.8) is 0 Å². The summed E-state index contributed by atoms with van der Waals surface area (Å²) in [6.07, 6.45) is 0. The SMILES string of the molecule is [2H]c1c([2H])c([2H])c2c(c1[2H])c1c([2H])c([2H])c([2H])c([2H])c1n2-c1ccc2c(c1)N(c1c(-c3ccc(C(C)(C)C)cc3)cccc1-c1cc(C(C)(C)C)cc(C(C)(C)C)c1)c1cc(-n3c4ccccc4c4ccccc43)cc3c1B2c1ccc(-n2c4c([2H])c([2H])c([2H])c([2H])c4c4c([2H])c([2H])c([2H])c([2H])c42)cc1N3c1c(-c2ccc(C(C)(C)C)cc2)cccc1-c1cc(C(C)(C)C)cc(C(C)(C)C)c1. The van der Waals surface area contributed by atoms with Gasteiger partial charge in [0.2, 0.25) is 0 Å². The number of anilines is 6. The number of nitrogens with zero attached hydrogens (tertiary/aromatic N) is 5. The zero-order valence-corrected chi connectivity index (χ0v) is 71.6. The zero-order valence-electron chi connectivity index (χ0n) is 87.6. The standard InChI is InChI=1S/C114H106BN5/c1-109(2,3)75-53-49-71(50-54-75)84-39-31-41-86(73-61-77(111(7,8)9)65-78(62-73)112(10,11)12)107(84)119-102-67-81(116-96-43-25-19-33-88(96)89-34-20-26-44-97(89)116)57-59-94(102)115-95-60-58-82(117-98-45-27-21-35-90(98)91-36-22-28-46-99(91)117)68-103(95)120(105-70-83(69-104(119)106(105)115)118-100-47-29-23-37-92(100)93-38-24-30-48-101(93)118)108-85(72-51-55-76(56-52-72)110(4,5)6)40-32-42-87(108)74-63-79(113(13,14)15)66-80(64-74)114(16,17)18/h19-70H,1-18H3/i19D,20D,21D,22D,25D,26D,27D,28D,33D,34D,35D,36D,43D,44D,45D,46D. The molecule has 2 aliphatic heterocycles. The predicted molar refractivity (Wildman–Crippen MR) is 517 cm³/mol. The lowest BCUT2D eigenvalue weighted by molar-refractivity contribution is 0.568. The Balaban J connectivity index is 1.05. The van der Waals surface area contributed by atoms with Crippen molar-refractivity contribution in [3.05, 3.63) is 348 Å². The Morgan fingerprint density at radius 3 is 0.850 bits per heavy atom. The van der Waals surface area contributed by atoms with Crippen LogP contribution in [0.2, 0.25) is 0 Å². The molecular weight excluding hydrogens is 1450 g/mol. The van der Waals surface area contributed by atoms with Crippen LogP contribution in [0.3, 0.4) is 0 Å². The molecule has 0 saturated heterocycles. The quantitative estimate of drug-likeness (QED) is 0.134. The molecule has 0 unspecified atom stereocenters. The van der Waals surface area contributed by atoms with E-state index in [4.69, 9.17) is 0 Å². The van der Waals surface area contributed by atoms with Crippen LogP contribution in [0.4, 0.5) is 34.1 Å². The van der Waals surface area contributed by atoms with Crippen molar-refractivity contribution in [2.45, 2.75) is 157 Å². The minimum absolute atomic E-state index is 0.0588. The van der Waals surface area contributed by atoms with E-state index in [2.05, 4.69) is 333 Å². The van der Waals surface area contributed by atoms with Gasteiger partial charge in [0, 0.05) is 88.7 Å². The number of rotatable bonds is 9. The Labute approximate surface area is 731 Å². The van der Waals surface area contributed by atoms with Gasteiger partial charge in [-0.05, 0) is 177 Å². The van der Waals surface area contributed by atoms with Crippen molar-refractivity contribution in [1.82, 2.24) is 13.7 Å². The molecule has 0 atom stereocenters. The maximum absolute atomic E-state index is 10.1. The smallest absolute Gasteiger partial charge is 0.252 e. The van der Waals surface area contributed by atoms with E-state index < -0.39 is 103 Å². The average molecular weight is 1570 g/mol. The second-order valence-corrected chi connectivity index (χ2v) is 39.1. The highest BCUT2D eigenvalue weighted by molar-refractivity contribution is 7.00. The van der Waals surface area contributed by atoms with Crippen LogP contribution in [0.1, 0.15) is 180 Å². The summed E-state index contributed by atoms with van der Waals surface area (Å²) in [6, 6.07) is 69.8. The van der Waals surface area contributed by atoms with Gasteiger partial charge in [-0.3, -0.25) is 0 Å². The molecule has 590 valence electrons. The minimum atomic E-state index is -0.852. The highest BCUT2D eigenvalue weighted by Crippen LogP contribution is 2.56. The predicted octanol–water partition coefficient (Wildman–Crippen LogP) is 29.5. The Bertz CT molecular complexity index is 7550. The Morgan fingerprint density at radius 1 is 0.233 bits per heavy atom. The van der Waals surface area contributed by atoms with Crippen molar-refractivity contribution in [3.8, 4) is 61.6 Å². The summed E-state index contributed by atoms with van der Waals surface area (Å²) in [5.41, 5.74) is 20.8. The lowest BCUT2D eigenvalue weighted by atomic mass is 9.33. The van der Waals surface area contributed by atoms with Crippen LogP contribution in [0.15, 0.2) is 315 Å². The van der Waals surface area contributed by atoms with Gasteiger partial charge in [-0.25, -0.2) is 0 Å². The first-order valence-corrected chi connectivity index (χ1v) is 41.9. The molecule has 0 amide bonds. The third-order valence-corrected chi connectivity index (χ3v) is 25.0. The molecule has 120 heavy (non-hydrogen) atoms. The number of aromatic nitrogens is 3. The monoisotopic (exact) mass is 1570 g/mol. The van der Waals surface area contributed by atoms with E-state index in [0.29, 0.717) is 34.1 Å². The van der Waals surface area contributed by atoms with Gasteiger partial charge in [0.1, 0.15) is 0 Å². The summed E-state index contributed by atoms with van der Waals surface area (Å²) in [6.45, 7) is 39.3. The molecule has 0 fully saturated rings. The molecule has 20 rings (SSSR count). The van der Waals surface area contributed by atoms with Gasteiger partial charge < -0.3 is 23.5 Å². The highest BCUT2D eigenvalue weighted by atomic mass is 15.2. The van der Waals surface area contributed by atoms with Crippen LogP contribution >= 0.6 is 0 Å². The van der Waals surface area contributed by atoms with Crippen molar-refractivity contribution >= 4 is 123 Å². The molecule has 2 aliphatic rings. The fourth-order valence-electron chi connectivity index (χ4n) is 18.5. The number of para-hydroxylation sites is 8. The van der Waals surface area contributed by atoms with E-state index in [1.165, 1.54) is 0 Å². The molecule has 0 spiro atoms. The largest absolute Gasteiger partial charge is 0.310 e. The zero-order chi connectivity index (χ0) is 97.1. The van der Waals surface area contributed by atoms with Gasteiger partial charge in [-0.2, -0.15) is 0 Å². The summed E-state index contributed by atoms with van der Waals surface area (Å²) in [4.78, 5) is 4.78. The van der Waals surface area contributed by atoms with E-state index in [9.17, 15) is 21.9 Å². The van der Waals surface area contributed by atoms with Gasteiger partial charge in [0.05, 0.1) is 72.1 Å². The van der Waals surface area contributed by atoms with E-state index in [1.54, 1.807) is 9.13 Å². The Morgan fingerprint density at radius 2 is 0.525 bits per heavy atom. The van der Waals surface area contributed by atoms with Crippen molar-refractivity contribution in [2.75, 3.05) is 9.80 Å². The molecule has 3 aromatic heterocycles. The normalized spacial score (nSPS) is 15.2. The molecule has 5 heterocycles. The van der Waals surface area contributed by atoms with Crippen LogP contribution in [0.25, 0.3) is 127 Å². The molecule has 0 aliphatic carbocycles. The molecular formula is C114H106BN5. The summed E-state index contributed by atoms with van der Waals surface area (Å²) in [7, 11) is 0. The second kappa shape index (κ2) is 27.5. The van der Waals surface area contributed by atoms with E-state index >= 15 is 0 Å². The number of benzene rings is 15. The van der Waals surface area contributed by atoms with Gasteiger partial charge in [-0.15, -0.1) is 0 Å². The Kier molecular flexibility index (Phi) is 13.7. The van der Waals surface area contributed by atoms with E-state index in [-0.39, 0.29) is 76.1 Å². The van der Waals surface area contributed by atoms with E-state index in [0.717, 1.165) is 133 Å². The maximum atomic E-state index is 10.1. The van der Waals surface area contributed by atoms with Crippen LogP contribution < -0.4 is 26.2 Å². The Hall–Kier alpha value is -12.6. The number of fused-ring (bicyclic) bond motifs is 13. The van der Waals surface area contributed by atoms with Crippen LogP contribution in [0.5, 0.6) is 0 Å². The van der Waals surface area contributed by atoms with Crippen molar-refractivity contribution in [1.29, 1.82) is 0 Å². The molecule has 6 heteroatoms. The van der Waals surface area contributed by atoms with Crippen LogP contribution in [0, 0.1) is 0 Å². The van der Waals surface area contributed by atoms with Crippen LogP contribution in [-0.4, -0.2) is 20.4 Å². The van der Waals surface area contributed by atoms with Crippen LogP contribution in [-0.2, 0) is 32.5 Å². The molecule has 0 bridgehead atoms. The maximum Gasteiger partial charge on any atom is 0.252 e. The summed E-state index contributed by atoms with van der Waals surface area (Å²) < 4.78 is 161. The summed E-state index contributed by atoms with van der Waals surface area (Å²) in [5, 5.41) is 1.66. The van der Waals surface area contributed by atoms with Gasteiger partial charge in [0.25, 0.3) is 6.71 Å². The lowest BCUT2D eigenvalue weighted by Crippen LogP contribution is -2.61. The van der Waals surface area contributed by atoms with Crippen molar-refractivity contribution < 1.29 is 21.9 Å². The highest BCUT2D eigenvalue weighted by Gasteiger charge is 2.47. The first-order valence-electron chi connectivity index (χ1n) is 49.9. The molecule has 15 aromatic carbocycles. The van der Waals surface area contributed by atoms with E-state index in [1.807, 2.05) is 24.3 Å². The summed E-state index contributed by atoms with van der Waals surface area (Å²) >= 11 is 0. The third kappa shape index (κ3) is 12.5. The second-order valence-electron chi connectivity index (χ2n) is 39.1. The topological polar surface area (TPSA) is 21.3 Å². The summed E-state index contributed by atoms with van der Waals surface area (Å²) in [5.74, 6) is 0. The first kappa shape index (κ1) is 59.9. The van der Waals surface area contributed by atoms with Gasteiger partial charge in [-0.1, -0.05) is 367 Å². The number of hydrogen-bond donors (Lipinski definition) is 0. The van der Waals surface area contributed by atoms with Gasteiger partial charge >= 0.3 is 0 Å². The minimum Gasteiger partial charge on any atom is -0.310 e. The van der Waals surface area contributed by atoms with Gasteiger partial charge in [0.15, 0.2) is 0 Å². The number of hydrogen-bond acceptors (Lipinski definition) is 2. The third-order valence-electron chi connectivity index (χ3n) is 25.0. The lowest BCUT2D eigenvalue weighted by Gasteiger charge is -2.46. The first-order chi connectivity index (χ1) is 64.0. The molecule has 0 radical (unpaired) electrons. The molecule has 18 aromatic rings. The van der Waals surface area contributed by atoms with Crippen molar-refractivity contribution in [2.24, 2.45) is 0 Å². The molecule has 0 saturated carbocycles. The molecule has 5 nitrogen and oxygen atoms in total. The molecule has 0 N–H and O–H groups in total.